The van der Waals surface area contributed by atoms with E-state index in [1.807, 2.05) is 0 Å². The van der Waals surface area contributed by atoms with E-state index < -0.39 is 5.91 Å². The molecule has 0 radical (unpaired) electrons. The Morgan fingerprint density at radius 2 is 2.26 bits per heavy atom. The molecule has 0 spiro atoms. The van der Waals surface area contributed by atoms with Gasteiger partial charge in [-0.15, -0.1) is 0 Å². The molecular weight excluding hydrogens is 316 g/mol. The number of amides is 1. The molecule has 2 rings (SSSR count). The number of carbonyl (C=O) groups excluding carboxylic acids is 1. The van der Waals surface area contributed by atoms with E-state index in [2.05, 4.69) is 36.1 Å². The second-order valence-electron chi connectivity index (χ2n) is 3.51. The first-order chi connectivity index (χ1) is 9.11. The Morgan fingerprint density at radius 3 is 2.89 bits per heavy atom. The number of benzene rings is 1. The predicted octanol–water partition coefficient (Wildman–Crippen LogP) is 1.78. The maximum absolute atomic E-state index is 11.8. The third kappa shape index (κ3) is 2.91. The van der Waals surface area contributed by atoms with Gasteiger partial charge in [-0.3, -0.25) is 4.79 Å². The highest BCUT2D eigenvalue weighted by atomic mass is 79.9. The number of aromatic nitrogens is 1. The van der Waals surface area contributed by atoms with Gasteiger partial charge in [-0.25, -0.2) is 0 Å². The first-order valence-electron chi connectivity index (χ1n) is 5.11. The molecule has 19 heavy (non-hydrogen) atoms. The molecule has 0 aliphatic heterocycles. The molecule has 8 heteroatoms. The molecule has 1 aromatic carbocycles. The number of amidine groups is 1. The van der Waals surface area contributed by atoms with Gasteiger partial charge in [0, 0.05) is 16.1 Å². The second-order valence-corrected chi connectivity index (χ2v) is 4.43. The number of nitrogens with two attached hydrogens (primary N) is 1. The summed E-state index contributed by atoms with van der Waals surface area (Å²) in [7, 11) is 0. The van der Waals surface area contributed by atoms with E-state index >= 15 is 0 Å². The van der Waals surface area contributed by atoms with Gasteiger partial charge in [-0.05, 0) is 18.2 Å². The molecule has 0 saturated heterocycles. The van der Waals surface area contributed by atoms with Crippen molar-refractivity contribution in [1.82, 2.24) is 5.16 Å². The van der Waals surface area contributed by atoms with Crippen LogP contribution in [0.15, 0.2) is 44.7 Å². The quantitative estimate of drug-likeness (QED) is 0.344. The van der Waals surface area contributed by atoms with Crippen molar-refractivity contribution in [3.63, 3.8) is 0 Å². The smallest absolute Gasteiger partial charge is 0.277 e. The molecule has 1 heterocycles. The Bertz CT molecular complexity index is 625. The minimum atomic E-state index is -0.455. The number of rotatable bonds is 3. The summed E-state index contributed by atoms with van der Waals surface area (Å²) in [6.07, 6.45) is 1.29. The van der Waals surface area contributed by atoms with E-state index in [1.54, 1.807) is 18.2 Å². The lowest BCUT2D eigenvalue weighted by atomic mass is 10.1. The lowest BCUT2D eigenvalue weighted by molar-refractivity contribution is 0.101. The molecule has 1 amide bonds. The molecule has 0 atom stereocenters. The summed E-state index contributed by atoms with van der Waals surface area (Å²) in [6, 6.07) is 6.38. The number of oxime groups is 1. The van der Waals surface area contributed by atoms with E-state index in [0.29, 0.717) is 11.3 Å². The monoisotopic (exact) mass is 324 g/mol. The van der Waals surface area contributed by atoms with E-state index in [0.717, 1.165) is 4.47 Å². The van der Waals surface area contributed by atoms with Crippen LogP contribution in [0.1, 0.15) is 16.1 Å². The molecule has 0 aliphatic rings. The van der Waals surface area contributed by atoms with Crippen LogP contribution in [0.2, 0.25) is 0 Å². The van der Waals surface area contributed by atoms with Crippen LogP contribution in [-0.4, -0.2) is 22.1 Å². The van der Waals surface area contributed by atoms with Crippen LogP contribution < -0.4 is 11.1 Å². The minimum absolute atomic E-state index is 0.114. The molecule has 2 aromatic rings. The van der Waals surface area contributed by atoms with Crippen LogP contribution in [0.25, 0.3) is 0 Å². The van der Waals surface area contributed by atoms with Gasteiger partial charge >= 0.3 is 0 Å². The molecule has 4 N–H and O–H groups in total. The zero-order valence-corrected chi connectivity index (χ0v) is 11.1. The number of anilines is 1. The van der Waals surface area contributed by atoms with Crippen LogP contribution in [-0.2, 0) is 0 Å². The van der Waals surface area contributed by atoms with Crippen molar-refractivity contribution in [1.29, 1.82) is 0 Å². The fourth-order valence-corrected chi connectivity index (χ4v) is 1.77. The van der Waals surface area contributed by atoms with Crippen molar-refractivity contribution >= 4 is 33.4 Å². The Morgan fingerprint density at radius 1 is 1.47 bits per heavy atom. The van der Waals surface area contributed by atoms with Crippen LogP contribution in [0.5, 0.6) is 0 Å². The van der Waals surface area contributed by atoms with Crippen molar-refractivity contribution in [2.45, 2.75) is 0 Å². The topological polar surface area (TPSA) is 114 Å². The van der Waals surface area contributed by atoms with Gasteiger partial charge in [0.05, 0.1) is 5.69 Å². The summed E-state index contributed by atoms with van der Waals surface area (Å²) in [5, 5.41) is 17.8. The van der Waals surface area contributed by atoms with Gasteiger partial charge in [0.1, 0.15) is 6.26 Å². The molecule has 0 fully saturated rings. The van der Waals surface area contributed by atoms with Gasteiger partial charge in [0.25, 0.3) is 5.91 Å². The second kappa shape index (κ2) is 5.53. The van der Waals surface area contributed by atoms with Crippen LogP contribution in [0.4, 0.5) is 5.69 Å². The van der Waals surface area contributed by atoms with Crippen molar-refractivity contribution in [3.05, 3.63) is 46.3 Å². The summed E-state index contributed by atoms with van der Waals surface area (Å²) in [5.41, 5.74) is 6.46. The number of nitrogens with zero attached hydrogens (tertiary/aromatic N) is 2. The van der Waals surface area contributed by atoms with E-state index in [9.17, 15) is 4.79 Å². The fraction of sp³-hybridized carbons (Fsp3) is 0. The minimum Gasteiger partial charge on any atom is -0.409 e. The number of carbonyl (C=O) groups is 1. The summed E-state index contributed by atoms with van der Waals surface area (Å²) in [6.45, 7) is 0. The lowest BCUT2D eigenvalue weighted by Gasteiger charge is -2.09. The average molecular weight is 325 g/mol. The number of nitrogens with one attached hydrogen (secondary N) is 1. The zero-order chi connectivity index (χ0) is 13.8. The molecule has 1 aromatic heterocycles. The Labute approximate surface area is 116 Å². The van der Waals surface area contributed by atoms with E-state index in [1.165, 1.54) is 12.3 Å². The Kier molecular flexibility index (Phi) is 3.81. The number of halogens is 1. The Hall–Kier alpha value is -2.35. The van der Waals surface area contributed by atoms with Crippen LogP contribution >= 0.6 is 15.9 Å². The third-order valence-corrected chi connectivity index (χ3v) is 2.78. The molecule has 0 bridgehead atoms. The lowest BCUT2D eigenvalue weighted by Crippen LogP contribution is -2.19. The molecule has 7 nitrogen and oxygen atoms in total. The van der Waals surface area contributed by atoms with E-state index in [4.69, 9.17) is 10.9 Å². The first-order valence-corrected chi connectivity index (χ1v) is 5.90. The van der Waals surface area contributed by atoms with Crippen molar-refractivity contribution in [2.24, 2.45) is 10.9 Å². The summed E-state index contributed by atoms with van der Waals surface area (Å²) in [5.74, 6) is -0.570. The third-order valence-electron chi connectivity index (χ3n) is 2.28. The molecule has 0 saturated carbocycles. The van der Waals surface area contributed by atoms with Gasteiger partial charge in [0.2, 0.25) is 0 Å². The largest absolute Gasteiger partial charge is 0.409 e. The van der Waals surface area contributed by atoms with Gasteiger partial charge < -0.3 is 20.8 Å². The van der Waals surface area contributed by atoms with Gasteiger partial charge in [0.15, 0.2) is 11.5 Å². The highest BCUT2D eigenvalue weighted by molar-refractivity contribution is 9.10. The van der Waals surface area contributed by atoms with Crippen molar-refractivity contribution in [2.75, 3.05) is 5.32 Å². The highest BCUT2D eigenvalue weighted by Crippen LogP contribution is 2.21. The molecular formula is C11H9BrN4O3. The first kappa shape index (κ1) is 13.1. The van der Waals surface area contributed by atoms with Crippen LogP contribution in [0.3, 0.4) is 0 Å². The van der Waals surface area contributed by atoms with Crippen molar-refractivity contribution < 1.29 is 14.5 Å². The van der Waals surface area contributed by atoms with Gasteiger partial charge in [-0.2, -0.15) is 0 Å². The van der Waals surface area contributed by atoms with Crippen molar-refractivity contribution in [3.8, 4) is 0 Å². The standard InChI is InChI=1S/C11H9BrN4O3/c12-6-1-2-8(7(5-6)10(13)15-18)14-11(17)9-3-4-19-16-9/h1-5,18H,(H2,13,15)(H,14,17). The summed E-state index contributed by atoms with van der Waals surface area (Å²) >= 11 is 3.27. The maximum Gasteiger partial charge on any atom is 0.277 e. The Balaban J connectivity index is 2.32. The van der Waals surface area contributed by atoms with E-state index in [-0.39, 0.29) is 11.5 Å². The SMILES string of the molecule is N/C(=N/O)c1cc(Br)ccc1NC(=O)c1ccon1. The zero-order valence-electron chi connectivity index (χ0n) is 9.50. The molecule has 0 aliphatic carbocycles. The normalized spacial score (nSPS) is 11.3. The average Bonchev–Trinajstić information content (AvgIpc) is 2.94. The fourth-order valence-electron chi connectivity index (χ4n) is 1.41. The van der Waals surface area contributed by atoms with Gasteiger partial charge in [-0.1, -0.05) is 26.2 Å². The predicted molar refractivity (Wildman–Crippen MR) is 71.1 cm³/mol. The maximum atomic E-state index is 11.8. The number of hydrogen-bond acceptors (Lipinski definition) is 5. The molecule has 98 valence electrons. The number of hydrogen-bond donors (Lipinski definition) is 3. The highest BCUT2D eigenvalue weighted by Gasteiger charge is 2.14. The summed E-state index contributed by atoms with van der Waals surface area (Å²) < 4.78 is 5.31. The molecule has 0 unspecified atom stereocenters. The van der Waals surface area contributed by atoms with Crippen LogP contribution in [0, 0.1) is 0 Å². The summed E-state index contributed by atoms with van der Waals surface area (Å²) in [4.78, 5) is 11.8.